The number of nitrogens with zero attached hydrogens (tertiary/aromatic N) is 2. The third kappa shape index (κ3) is 5.04. The van der Waals surface area contributed by atoms with Gasteiger partial charge in [0.2, 0.25) is 5.09 Å². The van der Waals surface area contributed by atoms with Crippen molar-refractivity contribution in [2.24, 2.45) is 5.92 Å². The fourth-order valence-corrected chi connectivity index (χ4v) is 3.36. The van der Waals surface area contributed by atoms with Gasteiger partial charge < -0.3 is 9.15 Å². The first kappa shape index (κ1) is 18.4. The largest absolute Gasteiger partial charge is 0.447 e. The summed E-state index contributed by atoms with van der Waals surface area (Å²) in [5, 5.41) is 0.00709. The molecule has 2 rings (SSSR count). The molecule has 0 aliphatic carbocycles. The van der Waals surface area contributed by atoms with Gasteiger partial charge in [0, 0.05) is 33.8 Å². The smallest absolute Gasteiger partial charge is 0.275 e. The monoisotopic (exact) mass is 344 g/mol. The highest BCUT2D eigenvalue weighted by Gasteiger charge is 2.24. The molecule has 0 bridgehead atoms. The maximum Gasteiger partial charge on any atom is 0.275 e. The van der Waals surface area contributed by atoms with E-state index in [-0.39, 0.29) is 5.09 Å². The van der Waals surface area contributed by atoms with Crippen LogP contribution < -0.4 is 0 Å². The van der Waals surface area contributed by atoms with E-state index in [4.69, 9.17) is 9.15 Å². The number of likely N-dealkylation sites (tertiary alicyclic amines) is 1. The second-order valence-corrected chi connectivity index (χ2v) is 8.79. The first-order chi connectivity index (χ1) is 10.8. The molecule has 132 valence electrons. The van der Waals surface area contributed by atoms with Crippen LogP contribution in [0, 0.1) is 5.92 Å². The average Bonchev–Trinajstić information content (AvgIpc) is 2.95. The summed E-state index contributed by atoms with van der Waals surface area (Å²) in [6, 6.07) is 3.28. The Morgan fingerprint density at radius 2 is 1.96 bits per heavy atom. The van der Waals surface area contributed by atoms with Gasteiger partial charge in [0.1, 0.15) is 5.76 Å². The SMILES string of the molecule is CC(C)COC1CCN(Cc2ccc(S(=O)(=O)N(C)C)o2)CC1. The third-order valence-corrected chi connectivity index (χ3v) is 5.64. The molecule has 0 spiro atoms. The second kappa shape index (κ2) is 7.79. The van der Waals surface area contributed by atoms with Crippen LogP contribution in [-0.2, 0) is 21.3 Å². The molecule has 1 saturated heterocycles. The average molecular weight is 344 g/mol. The fourth-order valence-electron chi connectivity index (χ4n) is 2.54. The van der Waals surface area contributed by atoms with Gasteiger partial charge in [-0.15, -0.1) is 0 Å². The molecule has 0 N–H and O–H groups in total. The quantitative estimate of drug-likeness (QED) is 0.758. The van der Waals surface area contributed by atoms with E-state index in [2.05, 4.69) is 18.7 Å². The van der Waals surface area contributed by atoms with E-state index in [0.717, 1.165) is 36.8 Å². The van der Waals surface area contributed by atoms with Crippen molar-refractivity contribution < 1.29 is 17.6 Å². The normalized spacial score (nSPS) is 18.2. The fraction of sp³-hybridized carbons (Fsp3) is 0.750. The Morgan fingerprint density at radius 1 is 1.30 bits per heavy atom. The topological polar surface area (TPSA) is 63.0 Å². The maximum absolute atomic E-state index is 12.0. The highest BCUT2D eigenvalue weighted by molar-refractivity contribution is 7.88. The molecule has 7 heteroatoms. The van der Waals surface area contributed by atoms with Crippen LogP contribution in [-0.4, -0.2) is 57.5 Å². The third-order valence-electron chi connectivity index (χ3n) is 3.95. The van der Waals surface area contributed by atoms with Crippen LogP contribution in [0.1, 0.15) is 32.4 Å². The summed E-state index contributed by atoms with van der Waals surface area (Å²) < 4.78 is 36.6. The number of hydrogen-bond donors (Lipinski definition) is 0. The van der Waals surface area contributed by atoms with E-state index >= 15 is 0 Å². The van der Waals surface area contributed by atoms with Crippen LogP contribution in [0.15, 0.2) is 21.6 Å². The molecule has 0 amide bonds. The van der Waals surface area contributed by atoms with Crippen molar-refractivity contribution in [3.63, 3.8) is 0 Å². The molecule has 0 aromatic carbocycles. The van der Waals surface area contributed by atoms with Crippen molar-refractivity contribution in [1.29, 1.82) is 0 Å². The van der Waals surface area contributed by atoms with E-state index < -0.39 is 10.0 Å². The molecule has 23 heavy (non-hydrogen) atoms. The van der Waals surface area contributed by atoms with Crippen molar-refractivity contribution in [1.82, 2.24) is 9.21 Å². The molecular formula is C16H28N2O4S. The van der Waals surface area contributed by atoms with Crippen molar-refractivity contribution in [3.05, 3.63) is 17.9 Å². The van der Waals surface area contributed by atoms with Gasteiger partial charge in [0.15, 0.2) is 0 Å². The van der Waals surface area contributed by atoms with E-state index in [1.54, 1.807) is 6.07 Å². The molecule has 1 aromatic heterocycles. The van der Waals surface area contributed by atoms with Gasteiger partial charge >= 0.3 is 0 Å². The van der Waals surface area contributed by atoms with Crippen molar-refractivity contribution in [2.75, 3.05) is 33.8 Å². The van der Waals surface area contributed by atoms with Crippen LogP contribution in [0.5, 0.6) is 0 Å². The molecule has 1 aliphatic heterocycles. The molecule has 0 atom stereocenters. The number of sulfonamides is 1. The Kier molecular flexibility index (Phi) is 6.25. The van der Waals surface area contributed by atoms with Gasteiger partial charge in [-0.05, 0) is 30.9 Å². The number of ether oxygens (including phenoxy) is 1. The van der Waals surface area contributed by atoms with Gasteiger partial charge in [0.05, 0.1) is 12.6 Å². The molecule has 1 fully saturated rings. The minimum atomic E-state index is -3.49. The van der Waals surface area contributed by atoms with Gasteiger partial charge in [-0.2, -0.15) is 0 Å². The summed E-state index contributed by atoms with van der Waals surface area (Å²) >= 11 is 0. The molecule has 0 saturated carbocycles. The number of rotatable bonds is 7. The van der Waals surface area contributed by atoms with Crippen LogP contribution in [0.3, 0.4) is 0 Å². The van der Waals surface area contributed by atoms with E-state index in [9.17, 15) is 8.42 Å². The van der Waals surface area contributed by atoms with Crippen molar-refractivity contribution in [2.45, 2.75) is 44.4 Å². The number of piperidine rings is 1. The van der Waals surface area contributed by atoms with Gasteiger partial charge in [-0.25, -0.2) is 12.7 Å². The Labute approximate surface area is 139 Å². The molecule has 1 aromatic rings. The zero-order valence-electron chi connectivity index (χ0n) is 14.5. The molecule has 0 unspecified atom stereocenters. The van der Waals surface area contributed by atoms with Crippen LogP contribution in [0.25, 0.3) is 0 Å². The zero-order chi connectivity index (χ0) is 17.0. The zero-order valence-corrected chi connectivity index (χ0v) is 15.3. The molecule has 1 aliphatic rings. The van der Waals surface area contributed by atoms with Crippen LogP contribution in [0.2, 0.25) is 0 Å². The molecule has 6 nitrogen and oxygen atoms in total. The second-order valence-electron chi connectivity index (χ2n) is 6.71. The summed E-state index contributed by atoms with van der Waals surface area (Å²) in [5.74, 6) is 1.25. The predicted molar refractivity (Wildman–Crippen MR) is 88.7 cm³/mol. The highest BCUT2D eigenvalue weighted by Crippen LogP contribution is 2.21. The lowest BCUT2D eigenvalue weighted by Gasteiger charge is -2.31. The van der Waals surface area contributed by atoms with Gasteiger partial charge in [-0.1, -0.05) is 13.8 Å². The van der Waals surface area contributed by atoms with E-state index in [1.165, 1.54) is 20.2 Å². The Hall–Kier alpha value is -0.890. The van der Waals surface area contributed by atoms with E-state index in [0.29, 0.717) is 24.3 Å². The van der Waals surface area contributed by atoms with Crippen LogP contribution in [0.4, 0.5) is 0 Å². The highest BCUT2D eigenvalue weighted by atomic mass is 32.2. The predicted octanol–water partition coefficient (Wildman–Crippen LogP) is 2.17. The minimum absolute atomic E-state index is 0.00709. The van der Waals surface area contributed by atoms with Crippen molar-refractivity contribution >= 4 is 10.0 Å². The van der Waals surface area contributed by atoms with E-state index in [1.807, 2.05) is 0 Å². The standard InChI is InChI=1S/C16H28N2O4S/c1-13(2)12-21-14-7-9-18(10-8-14)11-15-5-6-16(22-15)23(19,20)17(3)4/h5-6,13-14H,7-12H2,1-4H3. The minimum Gasteiger partial charge on any atom is -0.447 e. The summed E-state index contributed by atoms with van der Waals surface area (Å²) in [7, 11) is -0.494. The first-order valence-electron chi connectivity index (χ1n) is 8.14. The molecule has 2 heterocycles. The first-order valence-corrected chi connectivity index (χ1v) is 9.58. The Morgan fingerprint density at radius 3 is 2.52 bits per heavy atom. The Balaban J connectivity index is 1.84. The summed E-state index contributed by atoms with van der Waals surface area (Å²) in [5.41, 5.74) is 0. The van der Waals surface area contributed by atoms with Gasteiger partial charge in [-0.3, -0.25) is 4.90 Å². The Bertz CT molecular complexity index is 587. The summed E-state index contributed by atoms with van der Waals surface area (Å²) in [4.78, 5) is 2.28. The summed E-state index contributed by atoms with van der Waals surface area (Å²) in [6.45, 7) is 7.66. The summed E-state index contributed by atoms with van der Waals surface area (Å²) in [6.07, 6.45) is 2.36. The molecular weight excluding hydrogens is 316 g/mol. The van der Waals surface area contributed by atoms with Crippen LogP contribution >= 0.6 is 0 Å². The lowest BCUT2D eigenvalue weighted by Crippen LogP contribution is -2.36. The maximum atomic E-state index is 12.0. The van der Waals surface area contributed by atoms with Crippen molar-refractivity contribution in [3.8, 4) is 0 Å². The number of furan rings is 1. The lowest BCUT2D eigenvalue weighted by molar-refractivity contribution is -0.00699. The number of hydrogen-bond acceptors (Lipinski definition) is 5. The van der Waals surface area contributed by atoms with Gasteiger partial charge in [0.25, 0.3) is 10.0 Å². The lowest BCUT2D eigenvalue weighted by atomic mass is 10.1. The molecule has 0 radical (unpaired) electrons.